The van der Waals surface area contributed by atoms with Crippen molar-refractivity contribution >= 4 is 23.5 Å². The zero-order valence-electron chi connectivity index (χ0n) is 14.7. The lowest BCUT2D eigenvalue weighted by molar-refractivity contribution is -0.137. The average molecular weight is 366 g/mol. The van der Waals surface area contributed by atoms with E-state index in [1.807, 2.05) is 0 Å². The Balaban J connectivity index is 2.70. The molecule has 2 rings (SSSR count). The van der Waals surface area contributed by atoms with Gasteiger partial charge >= 0.3 is 11.9 Å². The molecule has 1 aromatic carbocycles. The number of allylic oxidation sites excluding steroid dienone is 2. The number of carbonyl (C=O) groups excluding carboxylic acids is 2. The molecule has 0 radical (unpaired) electrons. The molecule has 6 nitrogen and oxygen atoms in total. The third-order valence-electron chi connectivity index (χ3n) is 4.08. The molecule has 1 N–H and O–H groups in total. The standard InChI is InChI=1S/C18H20ClNO5/c1-9-14(17(21)24-4)16(15(10(2)20-9)18(22)25-5)11-6-7-13(23-3)12(19)8-11/h6-8,16,20H,1-5H3. The number of nitrogens with one attached hydrogen (secondary N) is 1. The van der Waals surface area contributed by atoms with Gasteiger partial charge in [0.05, 0.1) is 43.4 Å². The van der Waals surface area contributed by atoms with E-state index in [2.05, 4.69) is 5.32 Å². The van der Waals surface area contributed by atoms with E-state index in [-0.39, 0.29) is 0 Å². The molecule has 0 unspecified atom stereocenters. The average Bonchev–Trinajstić information content (AvgIpc) is 2.59. The summed E-state index contributed by atoms with van der Waals surface area (Å²) in [6.45, 7) is 3.50. The lowest BCUT2D eigenvalue weighted by Gasteiger charge is -2.30. The van der Waals surface area contributed by atoms with Gasteiger partial charge in [-0.05, 0) is 31.5 Å². The number of esters is 2. The van der Waals surface area contributed by atoms with Gasteiger partial charge in [-0.3, -0.25) is 0 Å². The fourth-order valence-corrected chi connectivity index (χ4v) is 3.22. The van der Waals surface area contributed by atoms with E-state index in [0.717, 1.165) is 0 Å². The lowest BCUT2D eigenvalue weighted by atomic mass is 9.80. The van der Waals surface area contributed by atoms with Gasteiger partial charge in [-0.1, -0.05) is 17.7 Å². The monoisotopic (exact) mass is 365 g/mol. The fourth-order valence-electron chi connectivity index (χ4n) is 2.95. The van der Waals surface area contributed by atoms with Crippen molar-refractivity contribution in [2.75, 3.05) is 21.3 Å². The summed E-state index contributed by atoms with van der Waals surface area (Å²) in [5, 5.41) is 3.42. The van der Waals surface area contributed by atoms with Crippen LogP contribution in [0.2, 0.25) is 5.02 Å². The van der Waals surface area contributed by atoms with E-state index < -0.39 is 17.9 Å². The largest absolute Gasteiger partial charge is 0.495 e. The van der Waals surface area contributed by atoms with Gasteiger partial charge in [0, 0.05) is 11.4 Å². The number of halogens is 1. The number of benzene rings is 1. The van der Waals surface area contributed by atoms with Crippen molar-refractivity contribution in [1.29, 1.82) is 0 Å². The topological polar surface area (TPSA) is 73.9 Å². The van der Waals surface area contributed by atoms with Gasteiger partial charge in [0.25, 0.3) is 0 Å². The normalized spacial score (nSPS) is 15.0. The summed E-state index contributed by atoms with van der Waals surface area (Å²) in [6.07, 6.45) is 0. The maximum absolute atomic E-state index is 12.4. The number of hydrogen-bond donors (Lipinski definition) is 1. The van der Waals surface area contributed by atoms with E-state index in [1.54, 1.807) is 32.0 Å². The smallest absolute Gasteiger partial charge is 0.336 e. The van der Waals surface area contributed by atoms with Crippen molar-refractivity contribution in [3.63, 3.8) is 0 Å². The number of methoxy groups -OCH3 is 3. The minimum Gasteiger partial charge on any atom is -0.495 e. The Hall–Kier alpha value is -2.47. The third-order valence-corrected chi connectivity index (χ3v) is 4.38. The maximum Gasteiger partial charge on any atom is 0.336 e. The van der Waals surface area contributed by atoms with Crippen LogP contribution in [0, 0.1) is 0 Å². The first-order chi connectivity index (χ1) is 11.8. The highest BCUT2D eigenvalue weighted by molar-refractivity contribution is 6.32. The summed E-state index contributed by atoms with van der Waals surface area (Å²) < 4.78 is 15.0. The van der Waals surface area contributed by atoms with Gasteiger partial charge in [-0.15, -0.1) is 0 Å². The van der Waals surface area contributed by atoms with Crippen LogP contribution in [-0.4, -0.2) is 33.3 Å². The number of ether oxygens (including phenoxy) is 3. The molecule has 0 fully saturated rings. The van der Waals surface area contributed by atoms with E-state index in [4.69, 9.17) is 25.8 Å². The zero-order chi connectivity index (χ0) is 18.7. The van der Waals surface area contributed by atoms with Crippen LogP contribution in [0.3, 0.4) is 0 Å². The molecule has 134 valence electrons. The zero-order valence-corrected chi connectivity index (χ0v) is 15.5. The maximum atomic E-state index is 12.4. The van der Waals surface area contributed by atoms with Crippen LogP contribution in [0.15, 0.2) is 40.7 Å². The molecule has 1 heterocycles. The Morgan fingerprint density at radius 3 is 1.92 bits per heavy atom. The van der Waals surface area contributed by atoms with E-state index in [9.17, 15) is 9.59 Å². The van der Waals surface area contributed by atoms with Gasteiger partial charge in [-0.2, -0.15) is 0 Å². The molecular weight excluding hydrogens is 346 g/mol. The van der Waals surface area contributed by atoms with Crippen LogP contribution in [0.5, 0.6) is 5.75 Å². The Bertz CT molecular complexity index is 744. The first-order valence-electron chi connectivity index (χ1n) is 7.54. The molecule has 0 saturated heterocycles. The molecule has 1 aliphatic heterocycles. The Morgan fingerprint density at radius 1 is 1.00 bits per heavy atom. The van der Waals surface area contributed by atoms with E-state index >= 15 is 0 Å². The van der Waals surface area contributed by atoms with Crippen LogP contribution in [-0.2, 0) is 19.1 Å². The number of carbonyl (C=O) groups is 2. The van der Waals surface area contributed by atoms with Crippen molar-refractivity contribution in [2.45, 2.75) is 19.8 Å². The number of rotatable bonds is 4. The highest BCUT2D eigenvalue weighted by atomic mass is 35.5. The van der Waals surface area contributed by atoms with Crippen LogP contribution >= 0.6 is 11.6 Å². The Kier molecular flexibility index (Phi) is 5.74. The number of hydrogen-bond acceptors (Lipinski definition) is 6. The van der Waals surface area contributed by atoms with E-state index in [1.165, 1.54) is 21.3 Å². The fraction of sp³-hybridized carbons (Fsp3) is 0.333. The quantitative estimate of drug-likeness (QED) is 0.827. The summed E-state index contributed by atoms with van der Waals surface area (Å²) in [6, 6.07) is 5.12. The molecule has 0 saturated carbocycles. The summed E-state index contributed by atoms with van der Waals surface area (Å²) in [4.78, 5) is 24.8. The third kappa shape index (κ3) is 3.49. The molecular formula is C18H20ClNO5. The van der Waals surface area contributed by atoms with Crippen LogP contribution < -0.4 is 10.1 Å². The Labute approximate surface area is 151 Å². The second kappa shape index (κ2) is 7.61. The van der Waals surface area contributed by atoms with Crippen LogP contribution in [0.25, 0.3) is 0 Å². The highest BCUT2D eigenvalue weighted by Crippen LogP contribution is 2.41. The minimum atomic E-state index is -0.662. The minimum absolute atomic E-state index is 0.328. The summed E-state index contributed by atoms with van der Waals surface area (Å²) >= 11 is 6.24. The molecule has 7 heteroatoms. The highest BCUT2D eigenvalue weighted by Gasteiger charge is 2.37. The predicted octanol–water partition coefficient (Wildman–Crippen LogP) is 2.93. The predicted molar refractivity (Wildman–Crippen MR) is 93.3 cm³/mol. The molecule has 1 aliphatic rings. The molecule has 0 amide bonds. The number of dihydropyridines is 1. The molecule has 0 spiro atoms. The van der Waals surface area contributed by atoms with Crippen molar-refractivity contribution in [2.24, 2.45) is 0 Å². The summed E-state index contributed by atoms with van der Waals surface area (Å²) in [7, 11) is 4.10. The first kappa shape index (κ1) is 18.9. The SMILES string of the molecule is COC(=O)C1=C(C)NC(C)=C(C(=O)OC)C1c1ccc(OC)c(Cl)c1. The molecule has 25 heavy (non-hydrogen) atoms. The second-order valence-electron chi connectivity index (χ2n) is 5.51. The van der Waals surface area contributed by atoms with Gasteiger partial charge in [0.15, 0.2) is 0 Å². The van der Waals surface area contributed by atoms with Crippen molar-refractivity contribution in [3.8, 4) is 5.75 Å². The molecule has 1 aromatic rings. The van der Waals surface area contributed by atoms with Crippen molar-refractivity contribution < 1.29 is 23.8 Å². The molecule has 0 aromatic heterocycles. The second-order valence-corrected chi connectivity index (χ2v) is 5.92. The van der Waals surface area contributed by atoms with Crippen LogP contribution in [0.1, 0.15) is 25.3 Å². The van der Waals surface area contributed by atoms with Crippen molar-refractivity contribution in [1.82, 2.24) is 5.32 Å². The van der Waals surface area contributed by atoms with E-state index in [0.29, 0.717) is 38.9 Å². The first-order valence-corrected chi connectivity index (χ1v) is 7.92. The van der Waals surface area contributed by atoms with Gasteiger partial charge in [0.1, 0.15) is 5.75 Å². The summed E-state index contributed by atoms with van der Waals surface area (Å²) in [5.41, 5.74) is 2.53. The summed E-state index contributed by atoms with van der Waals surface area (Å²) in [5.74, 6) is -1.23. The Morgan fingerprint density at radius 2 is 1.52 bits per heavy atom. The van der Waals surface area contributed by atoms with Crippen molar-refractivity contribution in [3.05, 3.63) is 51.3 Å². The lowest BCUT2D eigenvalue weighted by Crippen LogP contribution is -2.32. The molecule has 0 aliphatic carbocycles. The van der Waals surface area contributed by atoms with Gasteiger partial charge in [0.2, 0.25) is 0 Å². The van der Waals surface area contributed by atoms with Gasteiger partial charge < -0.3 is 19.5 Å². The van der Waals surface area contributed by atoms with Crippen LogP contribution in [0.4, 0.5) is 0 Å². The van der Waals surface area contributed by atoms with Gasteiger partial charge in [-0.25, -0.2) is 9.59 Å². The molecule has 0 atom stereocenters. The molecule has 0 bridgehead atoms.